The van der Waals surface area contributed by atoms with Crippen LogP contribution in [-0.4, -0.2) is 65.9 Å². The van der Waals surface area contributed by atoms with Crippen LogP contribution in [-0.2, 0) is 23.7 Å². The van der Waals surface area contributed by atoms with Crippen molar-refractivity contribution in [3.8, 4) is 11.5 Å². The number of esters is 1. The van der Waals surface area contributed by atoms with Crippen LogP contribution in [0.3, 0.4) is 0 Å². The van der Waals surface area contributed by atoms with E-state index in [-0.39, 0.29) is 12.4 Å². The van der Waals surface area contributed by atoms with Crippen LogP contribution >= 0.6 is 0 Å². The maximum Gasteiger partial charge on any atom is 0.342 e. The average Bonchev–Trinajstić information content (AvgIpc) is 3.04. The molecule has 0 radical (unpaired) electrons. The Bertz CT molecular complexity index is 844. The van der Waals surface area contributed by atoms with Crippen molar-refractivity contribution in [3.63, 3.8) is 0 Å². The third-order valence-electron chi connectivity index (χ3n) is 4.98. The molecule has 1 saturated heterocycles. The zero-order chi connectivity index (χ0) is 24.6. The van der Waals surface area contributed by atoms with Gasteiger partial charge in [-0.2, -0.15) is 0 Å². The van der Waals surface area contributed by atoms with Crippen molar-refractivity contribution in [3.05, 3.63) is 29.3 Å². The van der Waals surface area contributed by atoms with E-state index in [0.717, 1.165) is 12.3 Å². The lowest BCUT2D eigenvalue weighted by Crippen LogP contribution is -2.23. The molecular weight excluding hydrogens is 444 g/mol. The molecule has 0 aliphatic carbocycles. The van der Waals surface area contributed by atoms with Gasteiger partial charge < -0.3 is 33.2 Å². The maximum atomic E-state index is 13.0. The number of benzene rings is 1. The molecule has 0 bridgehead atoms. The van der Waals surface area contributed by atoms with Gasteiger partial charge in [-0.15, -0.1) is 0 Å². The van der Waals surface area contributed by atoms with Gasteiger partial charge >= 0.3 is 5.97 Å². The van der Waals surface area contributed by atoms with Gasteiger partial charge in [0.25, 0.3) is 0 Å². The first-order chi connectivity index (χ1) is 15.5. The molecule has 1 aromatic carbocycles. The fourth-order valence-electron chi connectivity index (χ4n) is 3.33. The van der Waals surface area contributed by atoms with Gasteiger partial charge in [0.1, 0.15) is 23.2 Å². The molecule has 1 fully saturated rings. The molecule has 0 amide bonds. The standard InChI is InChI=1S/C24H36O8Si/c1-24(2)31-19(21(15-25)32-24)10-8-9-17-13-18(28-4)14-20(30-16-27-3)22(17)23(26)29-11-12-33(5,6)7/h8-9,13-15,19,21H,10-12,16H2,1-7H3/b9-8+/t19-,21-/m1/s1. The van der Waals surface area contributed by atoms with E-state index in [9.17, 15) is 9.59 Å². The summed E-state index contributed by atoms with van der Waals surface area (Å²) in [6.07, 6.45) is 3.70. The van der Waals surface area contributed by atoms with Crippen LogP contribution in [0.5, 0.6) is 11.5 Å². The molecule has 33 heavy (non-hydrogen) atoms. The summed E-state index contributed by atoms with van der Waals surface area (Å²) in [5, 5.41) is 0. The number of hydrogen-bond donors (Lipinski definition) is 0. The maximum absolute atomic E-state index is 13.0. The van der Waals surface area contributed by atoms with E-state index in [4.69, 9.17) is 28.4 Å². The minimum atomic E-state index is -1.36. The molecule has 1 aliphatic rings. The highest BCUT2D eigenvalue weighted by atomic mass is 28.3. The Kier molecular flexibility index (Phi) is 9.66. The van der Waals surface area contributed by atoms with Crippen LogP contribution in [0.1, 0.15) is 36.2 Å². The Morgan fingerprint density at radius 2 is 1.91 bits per heavy atom. The van der Waals surface area contributed by atoms with E-state index in [2.05, 4.69) is 19.6 Å². The number of aldehydes is 1. The first kappa shape index (κ1) is 27.0. The molecule has 0 unspecified atom stereocenters. The predicted octanol–water partition coefficient (Wildman–Crippen LogP) is 4.30. The van der Waals surface area contributed by atoms with Crippen LogP contribution < -0.4 is 9.47 Å². The lowest BCUT2D eigenvalue weighted by molar-refractivity contribution is -0.149. The molecule has 8 nitrogen and oxygen atoms in total. The molecule has 9 heteroatoms. The molecule has 1 aliphatic heterocycles. The topological polar surface area (TPSA) is 89.5 Å². The van der Waals surface area contributed by atoms with Crippen LogP contribution in [0.2, 0.25) is 25.7 Å². The van der Waals surface area contributed by atoms with E-state index in [1.165, 1.54) is 14.2 Å². The second-order valence-electron chi connectivity index (χ2n) is 9.50. The normalized spacial score (nSPS) is 20.1. The summed E-state index contributed by atoms with van der Waals surface area (Å²) in [7, 11) is 1.68. The summed E-state index contributed by atoms with van der Waals surface area (Å²) in [6, 6.07) is 4.22. The van der Waals surface area contributed by atoms with E-state index in [1.54, 1.807) is 32.1 Å². The number of ether oxygens (including phenoxy) is 6. The molecule has 2 atom stereocenters. The smallest absolute Gasteiger partial charge is 0.342 e. The monoisotopic (exact) mass is 480 g/mol. The van der Waals surface area contributed by atoms with Gasteiger partial charge in [0, 0.05) is 21.3 Å². The summed E-state index contributed by atoms with van der Waals surface area (Å²) in [5.74, 6) is -0.478. The van der Waals surface area contributed by atoms with Crippen molar-refractivity contribution in [1.29, 1.82) is 0 Å². The molecule has 0 saturated carbocycles. The average molecular weight is 481 g/mol. The minimum absolute atomic E-state index is 0.0329. The molecule has 184 valence electrons. The van der Waals surface area contributed by atoms with Crippen LogP contribution in [0.25, 0.3) is 6.08 Å². The minimum Gasteiger partial charge on any atom is -0.497 e. The van der Waals surface area contributed by atoms with Crippen molar-refractivity contribution in [2.75, 3.05) is 27.6 Å². The number of hydrogen-bond acceptors (Lipinski definition) is 8. The van der Waals surface area contributed by atoms with Gasteiger partial charge in [0.05, 0.1) is 19.8 Å². The third kappa shape index (κ3) is 8.26. The fourth-order valence-corrected chi connectivity index (χ4v) is 4.04. The SMILES string of the molecule is COCOc1cc(OC)cc(/C=C/C[C@H]2OC(C)(C)O[C@@H]2C=O)c1C(=O)OCC[Si](C)(C)C. The third-order valence-corrected chi connectivity index (χ3v) is 6.69. The van der Waals surface area contributed by atoms with Gasteiger partial charge in [0.2, 0.25) is 0 Å². The van der Waals surface area contributed by atoms with Crippen LogP contribution in [0.4, 0.5) is 0 Å². The summed E-state index contributed by atoms with van der Waals surface area (Å²) in [5.41, 5.74) is 0.856. The molecule has 2 rings (SSSR count). The van der Waals surface area contributed by atoms with E-state index < -0.39 is 32.0 Å². The van der Waals surface area contributed by atoms with Gasteiger partial charge in [-0.25, -0.2) is 4.79 Å². The molecule has 0 spiro atoms. The number of methoxy groups -OCH3 is 2. The van der Waals surface area contributed by atoms with Crippen molar-refractivity contribution >= 4 is 26.4 Å². The lowest BCUT2D eigenvalue weighted by Gasteiger charge is -2.18. The molecule has 1 heterocycles. The highest BCUT2D eigenvalue weighted by Crippen LogP contribution is 2.32. The van der Waals surface area contributed by atoms with Crippen molar-refractivity contribution in [2.24, 2.45) is 0 Å². The highest BCUT2D eigenvalue weighted by Gasteiger charge is 2.40. The van der Waals surface area contributed by atoms with Crippen molar-refractivity contribution in [1.82, 2.24) is 0 Å². The zero-order valence-corrected chi connectivity index (χ0v) is 21.6. The van der Waals surface area contributed by atoms with E-state index >= 15 is 0 Å². The Labute approximate surface area is 197 Å². The lowest BCUT2D eigenvalue weighted by atomic mass is 10.0. The first-order valence-electron chi connectivity index (χ1n) is 11.0. The molecular formula is C24H36O8Si. The highest BCUT2D eigenvalue weighted by molar-refractivity contribution is 6.76. The second kappa shape index (κ2) is 11.8. The van der Waals surface area contributed by atoms with E-state index in [0.29, 0.717) is 30.1 Å². The Morgan fingerprint density at radius 3 is 2.52 bits per heavy atom. The second-order valence-corrected chi connectivity index (χ2v) is 15.1. The summed E-state index contributed by atoms with van der Waals surface area (Å²) < 4.78 is 33.1. The van der Waals surface area contributed by atoms with Gasteiger partial charge in [0.15, 0.2) is 18.9 Å². The van der Waals surface area contributed by atoms with Crippen LogP contribution in [0, 0.1) is 0 Å². The fraction of sp³-hybridized carbons (Fsp3) is 0.583. The summed E-state index contributed by atoms with van der Waals surface area (Å²) in [4.78, 5) is 24.4. The van der Waals surface area contributed by atoms with Gasteiger partial charge in [-0.1, -0.05) is 31.8 Å². The van der Waals surface area contributed by atoms with Crippen molar-refractivity contribution in [2.45, 2.75) is 63.9 Å². The number of rotatable bonds is 12. The summed E-state index contributed by atoms with van der Waals surface area (Å²) >= 11 is 0. The molecule has 1 aromatic rings. The van der Waals surface area contributed by atoms with Crippen molar-refractivity contribution < 1.29 is 38.0 Å². The Hall–Kier alpha value is -2.20. The Balaban J connectivity index is 2.30. The van der Waals surface area contributed by atoms with Gasteiger partial charge in [-0.05, 0) is 37.9 Å². The van der Waals surface area contributed by atoms with Crippen LogP contribution in [0.15, 0.2) is 18.2 Å². The number of carbonyl (C=O) groups is 2. The zero-order valence-electron chi connectivity index (χ0n) is 20.6. The summed E-state index contributed by atoms with van der Waals surface area (Å²) in [6.45, 7) is 10.5. The largest absolute Gasteiger partial charge is 0.497 e. The van der Waals surface area contributed by atoms with E-state index in [1.807, 2.05) is 6.08 Å². The quantitative estimate of drug-likeness (QED) is 0.189. The van der Waals surface area contributed by atoms with Gasteiger partial charge in [-0.3, -0.25) is 0 Å². The molecule has 0 N–H and O–H groups in total. The predicted molar refractivity (Wildman–Crippen MR) is 127 cm³/mol. The Morgan fingerprint density at radius 1 is 1.18 bits per heavy atom. The number of carbonyl (C=O) groups excluding carboxylic acids is 2. The first-order valence-corrected chi connectivity index (χ1v) is 14.7. The molecule has 0 aromatic heterocycles.